The average Bonchev–Trinajstić information content (AvgIpc) is 2.69. The lowest BCUT2D eigenvalue weighted by atomic mass is 10.0. The van der Waals surface area contributed by atoms with Crippen LogP contribution < -0.4 is 11.3 Å². The fourth-order valence-corrected chi connectivity index (χ4v) is 2.04. The monoisotopic (exact) mass is 256 g/mol. The van der Waals surface area contributed by atoms with E-state index >= 15 is 0 Å². The maximum atomic E-state index is 6.10. The Bertz CT molecular complexity index is 484. The van der Waals surface area contributed by atoms with Crippen LogP contribution >= 0.6 is 23.2 Å². The SMILES string of the molecule is NNC(c1ccccc1Cl)c1ccoc1Cl. The highest BCUT2D eigenvalue weighted by Crippen LogP contribution is 2.32. The van der Waals surface area contributed by atoms with Crippen LogP contribution in [0.25, 0.3) is 0 Å². The molecule has 0 saturated heterocycles. The number of hydrogen-bond donors (Lipinski definition) is 2. The Morgan fingerprint density at radius 1 is 1.12 bits per heavy atom. The lowest BCUT2D eigenvalue weighted by Gasteiger charge is -2.16. The van der Waals surface area contributed by atoms with Gasteiger partial charge in [0.2, 0.25) is 0 Å². The number of benzene rings is 1. The molecule has 16 heavy (non-hydrogen) atoms. The number of rotatable bonds is 3. The van der Waals surface area contributed by atoms with Crippen molar-refractivity contribution in [3.63, 3.8) is 0 Å². The van der Waals surface area contributed by atoms with Crippen LogP contribution in [0.4, 0.5) is 0 Å². The zero-order valence-corrected chi connectivity index (χ0v) is 9.79. The van der Waals surface area contributed by atoms with E-state index in [4.69, 9.17) is 33.5 Å². The Morgan fingerprint density at radius 3 is 2.44 bits per heavy atom. The van der Waals surface area contributed by atoms with Crippen molar-refractivity contribution in [2.45, 2.75) is 6.04 Å². The predicted molar refractivity (Wildman–Crippen MR) is 64.3 cm³/mol. The first-order valence-corrected chi connectivity index (χ1v) is 5.43. The Morgan fingerprint density at radius 2 is 1.88 bits per heavy atom. The molecule has 0 aliphatic carbocycles. The third-order valence-corrected chi connectivity index (χ3v) is 2.99. The predicted octanol–water partition coefficient (Wildman–Crippen LogP) is 3.14. The van der Waals surface area contributed by atoms with Crippen LogP contribution in [0, 0.1) is 0 Å². The van der Waals surface area contributed by atoms with E-state index in [-0.39, 0.29) is 6.04 Å². The third kappa shape index (κ3) is 2.08. The second-order valence-electron chi connectivity index (χ2n) is 3.27. The van der Waals surface area contributed by atoms with Crippen LogP contribution in [0.3, 0.4) is 0 Å². The molecular formula is C11H10Cl2N2O. The van der Waals surface area contributed by atoms with Crippen LogP contribution in [0.15, 0.2) is 41.0 Å². The van der Waals surface area contributed by atoms with E-state index in [1.807, 2.05) is 18.2 Å². The summed E-state index contributed by atoms with van der Waals surface area (Å²) in [5, 5.41) is 0.936. The maximum absolute atomic E-state index is 6.10. The number of furan rings is 1. The molecule has 1 unspecified atom stereocenters. The highest BCUT2D eigenvalue weighted by Gasteiger charge is 2.19. The van der Waals surface area contributed by atoms with Gasteiger partial charge in [0.25, 0.3) is 0 Å². The molecule has 0 aliphatic rings. The molecule has 3 N–H and O–H groups in total. The van der Waals surface area contributed by atoms with Crippen LogP contribution in [-0.2, 0) is 0 Å². The van der Waals surface area contributed by atoms with Crippen molar-refractivity contribution < 1.29 is 4.42 Å². The number of nitrogens with two attached hydrogens (primary N) is 1. The normalized spacial score (nSPS) is 12.7. The summed E-state index contributed by atoms with van der Waals surface area (Å²) in [6.07, 6.45) is 1.51. The summed E-state index contributed by atoms with van der Waals surface area (Å²) < 4.78 is 5.04. The molecule has 5 heteroatoms. The van der Waals surface area contributed by atoms with E-state index in [0.717, 1.165) is 11.1 Å². The fraction of sp³-hybridized carbons (Fsp3) is 0.0909. The van der Waals surface area contributed by atoms with Gasteiger partial charge in [-0.15, -0.1) is 0 Å². The number of hydrazine groups is 1. The highest BCUT2D eigenvalue weighted by atomic mass is 35.5. The van der Waals surface area contributed by atoms with E-state index in [9.17, 15) is 0 Å². The first-order chi connectivity index (χ1) is 7.74. The zero-order valence-electron chi connectivity index (χ0n) is 8.28. The molecular weight excluding hydrogens is 247 g/mol. The molecule has 0 fully saturated rings. The molecule has 0 spiro atoms. The summed E-state index contributed by atoms with van der Waals surface area (Å²) in [5.74, 6) is 5.52. The largest absolute Gasteiger partial charge is 0.453 e. The van der Waals surface area contributed by atoms with Crippen molar-refractivity contribution in [2.75, 3.05) is 0 Å². The molecule has 84 valence electrons. The molecule has 0 aliphatic heterocycles. The first-order valence-electron chi connectivity index (χ1n) is 4.67. The fourth-order valence-electron chi connectivity index (χ4n) is 1.57. The summed E-state index contributed by atoms with van der Waals surface area (Å²) in [6, 6.07) is 8.91. The van der Waals surface area contributed by atoms with Gasteiger partial charge < -0.3 is 4.42 Å². The van der Waals surface area contributed by atoms with E-state index < -0.39 is 0 Å². The summed E-state index contributed by atoms with van der Waals surface area (Å²) in [6.45, 7) is 0. The minimum absolute atomic E-state index is 0.278. The lowest BCUT2D eigenvalue weighted by Crippen LogP contribution is -2.28. The van der Waals surface area contributed by atoms with Crippen LogP contribution in [-0.4, -0.2) is 0 Å². The third-order valence-electron chi connectivity index (χ3n) is 2.34. The van der Waals surface area contributed by atoms with Crippen molar-refractivity contribution in [1.82, 2.24) is 5.43 Å². The number of halogens is 2. The van der Waals surface area contributed by atoms with E-state index in [2.05, 4.69) is 5.43 Å². The van der Waals surface area contributed by atoms with Gasteiger partial charge in [0.1, 0.15) is 0 Å². The summed E-state index contributed by atoms with van der Waals surface area (Å²) >= 11 is 12.0. The molecule has 0 saturated carbocycles. The highest BCUT2D eigenvalue weighted by molar-refractivity contribution is 6.31. The van der Waals surface area contributed by atoms with Gasteiger partial charge in [0.15, 0.2) is 5.22 Å². The first kappa shape index (κ1) is 11.5. The van der Waals surface area contributed by atoms with Gasteiger partial charge in [-0.05, 0) is 29.3 Å². The van der Waals surface area contributed by atoms with Gasteiger partial charge in [0, 0.05) is 10.6 Å². The maximum Gasteiger partial charge on any atom is 0.198 e. The van der Waals surface area contributed by atoms with Gasteiger partial charge >= 0.3 is 0 Å². The van der Waals surface area contributed by atoms with Crippen molar-refractivity contribution in [2.24, 2.45) is 5.84 Å². The Hall–Kier alpha value is -1.00. The Kier molecular flexibility index (Phi) is 3.51. The second-order valence-corrected chi connectivity index (χ2v) is 4.02. The molecule has 1 aromatic heterocycles. The lowest BCUT2D eigenvalue weighted by molar-refractivity contribution is 0.555. The van der Waals surface area contributed by atoms with E-state index in [1.54, 1.807) is 12.1 Å². The van der Waals surface area contributed by atoms with Crippen LogP contribution in [0.2, 0.25) is 10.2 Å². The molecule has 3 nitrogen and oxygen atoms in total. The van der Waals surface area contributed by atoms with E-state index in [0.29, 0.717) is 10.2 Å². The Balaban J connectivity index is 2.45. The standard InChI is InChI=1S/C11H10Cl2N2O/c12-9-4-2-1-3-7(9)10(15-14)8-5-6-16-11(8)13/h1-6,10,15H,14H2. The molecule has 1 atom stereocenters. The smallest absolute Gasteiger partial charge is 0.198 e. The molecule has 0 bridgehead atoms. The average molecular weight is 257 g/mol. The van der Waals surface area contributed by atoms with Crippen molar-refractivity contribution >= 4 is 23.2 Å². The second kappa shape index (κ2) is 4.89. The quantitative estimate of drug-likeness (QED) is 0.656. The van der Waals surface area contributed by atoms with Crippen LogP contribution in [0.1, 0.15) is 17.2 Å². The minimum Gasteiger partial charge on any atom is -0.453 e. The zero-order chi connectivity index (χ0) is 11.5. The molecule has 2 aromatic rings. The molecule has 0 radical (unpaired) electrons. The molecule has 1 heterocycles. The molecule has 2 rings (SSSR count). The molecule has 1 aromatic carbocycles. The Labute approximate surface area is 103 Å². The van der Waals surface area contributed by atoms with Gasteiger partial charge in [-0.25, -0.2) is 5.43 Å². The summed E-state index contributed by atoms with van der Waals surface area (Å²) in [7, 11) is 0. The van der Waals surface area contributed by atoms with Gasteiger partial charge in [-0.2, -0.15) is 0 Å². The van der Waals surface area contributed by atoms with Crippen molar-refractivity contribution in [3.05, 3.63) is 58.0 Å². The summed E-state index contributed by atoms with van der Waals surface area (Å²) in [5.41, 5.74) is 4.29. The molecule has 0 amide bonds. The minimum atomic E-state index is -0.278. The van der Waals surface area contributed by atoms with Gasteiger partial charge in [-0.1, -0.05) is 29.8 Å². The number of nitrogens with one attached hydrogen (secondary N) is 1. The van der Waals surface area contributed by atoms with Crippen molar-refractivity contribution in [1.29, 1.82) is 0 Å². The summed E-state index contributed by atoms with van der Waals surface area (Å²) in [4.78, 5) is 0. The topological polar surface area (TPSA) is 51.2 Å². The van der Waals surface area contributed by atoms with Gasteiger partial charge in [-0.3, -0.25) is 5.84 Å². The van der Waals surface area contributed by atoms with Crippen LogP contribution in [0.5, 0.6) is 0 Å². The van der Waals surface area contributed by atoms with E-state index in [1.165, 1.54) is 6.26 Å². The number of hydrogen-bond acceptors (Lipinski definition) is 3. The van der Waals surface area contributed by atoms with Gasteiger partial charge in [0.05, 0.1) is 12.3 Å². The van der Waals surface area contributed by atoms with Crippen molar-refractivity contribution in [3.8, 4) is 0 Å².